The first-order valence-electron chi connectivity index (χ1n) is 12.3. The number of halogens is 2. The summed E-state index contributed by atoms with van der Waals surface area (Å²) in [5.74, 6) is -0.732. The number of piperazine rings is 1. The van der Waals surface area contributed by atoms with Crippen molar-refractivity contribution in [3.05, 3.63) is 29.8 Å². The molecule has 1 amide bonds. The second-order valence-corrected chi connectivity index (χ2v) is 11.5. The van der Waals surface area contributed by atoms with Crippen LogP contribution in [0, 0.1) is 0 Å². The number of ketones is 1. The van der Waals surface area contributed by atoms with E-state index in [0.717, 1.165) is 18.5 Å². The minimum atomic E-state index is -4.00. The van der Waals surface area contributed by atoms with Crippen molar-refractivity contribution in [2.75, 3.05) is 64.4 Å². The Kier molecular flexibility index (Phi) is 13.8. The van der Waals surface area contributed by atoms with Crippen LogP contribution in [-0.4, -0.2) is 98.8 Å². The number of rotatable bonds is 11. The van der Waals surface area contributed by atoms with Crippen LogP contribution in [0.5, 0.6) is 0 Å². The third-order valence-electron chi connectivity index (χ3n) is 7.17. The van der Waals surface area contributed by atoms with Crippen molar-refractivity contribution in [1.29, 1.82) is 0 Å². The van der Waals surface area contributed by atoms with Crippen LogP contribution in [0.2, 0.25) is 0 Å². The van der Waals surface area contributed by atoms with E-state index in [0.29, 0.717) is 51.3 Å². The number of piperidine rings is 1. The van der Waals surface area contributed by atoms with Crippen molar-refractivity contribution < 1.29 is 28.0 Å². The maximum absolute atomic E-state index is 13.7. The van der Waals surface area contributed by atoms with E-state index in [1.807, 2.05) is 24.3 Å². The number of Topliss-reactive ketones (excluding diaryl/α,β-unsaturated/α-hetero) is 1. The van der Waals surface area contributed by atoms with Crippen molar-refractivity contribution in [2.24, 2.45) is 0 Å². The van der Waals surface area contributed by atoms with Gasteiger partial charge in [0, 0.05) is 70.6 Å². The molecule has 0 atom stereocenters. The zero-order valence-corrected chi connectivity index (χ0v) is 24.0. The number of likely N-dealkylation sites (tertiary alicyclic amines) is 1. The van der Waals surface area contributed by atoms with Crippen LogP contribution in [0.3, 0.4) is 0 Å². The third kappa shape index (κ3) is 7.56. The fourth-order valence-electron chi connectivity index (χ4n) is 4.84. The molecule has 0 unspecified atom stereocenters. The summed E-state index contributed by atoms with van der Waals surface area (Å²) in [6.07, 6.45) is 2.61. The number of ether oxygens (including phenoxy) is 1. The first-order valence-corrected chi connectivity index (χ1v) is 13.8. The SMILES string of the molecule is CCCCC(=O)c1ccc(N2CCN(S(=O)(=O)C3(C(=O)NO)CCN(CCOC)CC3)CC2)cc1.Cl.Cl. The number of hydroxylamine groups is 1. The normalized spacial score (nSPS) is 18.4. The molecule has 2 N–H and O–H groups in total. The van der Waals surface area contributed by atoms with E-state index in [2.05, 4.69) is 16.7 Å². The predicted molar refractivity (Wildman–Crippen MR) is 148 cm³/mol. The van der Waals surface area contributed by atoms with Crippen molar-refractivity contribution in [2.45, 2.75) is 43.8 Å². The Morgan fingerprint density at radius 3 is 2.14 bits per heavy atom. The lowest BCUT2D eigenvalue weighted by molar-refractivity contribution is -0.133. The maximum atomic E-state index is 13.7. The highest BCUT2D eigenvalue weighted by molar-refractivity contribution is 7.91. The maximum Gasteiger partial charge on any atom is 0.266 e. The Morgan fingerprint density at radius 2 is 1.62 bits per heavy atom. The number of nitrogens with one attached hydrogen (secondary N) is 1. The summed E-state index contributed by atoms with van der Waals surface area (Å²) in [7, 11) is -2.39. The molecule has 0 aromatic heterocycles. The molecule has 212 valence electrons. The van der Waals surface area contributed by atoms with Gasteiger partial charge in [-0.15, -0.1) is 24.8 Å². The summed E-state index contributed by atoms with van der Waals surface area (Å²) in [5.41, 5.74) is 3.24. The van der Waals surface area contributed by atoms with Gasteiger partial charge in [0.05, 0.1) is 6.61 Å². The van der Waals surface area contributed by atoms with Crippen LogP contribution >= 0.6 is 24.8 Å². The molecule has 0 aliphatic carbocycles. The van der Waals surface area contributed by atoms with Crippen LogP contribution in [0.4, 0.5) is 5.69 Å². The summed E-state index contributed by atoms with van der Waals surface area (Å²) in [6.45, 7) is 5.54. The van der Waals surface area contributed by atoms with Crippen LogP contribution in [0.15, 0.2) is 24.3 Å². The number of amides is 1. The van der Waals surface area contributed by atoms with Crippen LogP contribution in [-0.2, 0) is 19.6 Å². The summed E-state index contributed by atoms with van der Waals surface area (Å²) in [6, 6.07) is 7.46. The quantitative estimate of drug-likeness (QED) is 0.232. The van der Waals surface area contributed by atoms with Crippen LogP contribution in [0.25, 0.3) is 0 Å². The molecule has 0 radical (unpaired) electrons. The average molecular weight is 584 g/mol. The van der Waals surface area contributed by atoms with Gasteiger partial charge in [-0.25, -0.2) is 13.9 Å². The number of nitrogens with zero attached hydrogens (tertiary/aromatic N) is 3. The average Bonchev–Trinajstić information content (AvgIpc) is 2.90. The van der Waals surface area contributed by atoms with Gasteiger partial charge in [-0.3, -0.25) is 14.8 Å². The van der Waals surface area contributed by atoms with E-state index in [9.17, 15) is 23.2 Å². The standard InChI is InChI=1S/C24H38N4O6S.2ClH/c1-3-4-5-22(29)20-6-8-21(9-7-20)27-14-16-28(17-15-27)35(32,33)24(23(30)25-31)10-12-26(13-11-24)18-19-34-2;;/h6-9,31H,3-5,10-19H2,1-2H3,(H,25,30);2*1H. The number of methoxy groups -OCH3 is 1. The van der Waals surface area contributed by atoms with E-state index in [1.165, 1.54) is 4.31 Å². The fraction of sp³-hybridized carbons (Fsp3) is 0.667. The van der Waals surface area contributed by atoms with Gasteiger partial charge in [0.2, 0.25) is 10.0 Å². The van der Waals surface area contributed by atoms with Gasteiger partial charge in [0.25, 0.3) is 5.91 Å². The van der Waals surface area contributed by atoms with Gasteiger partial charge in [0.15, 0.2) is 10.5 Å². The van der Waals surface area contributed by atoms with Gasteiger partial charge in [-0.1, -0.05) is 13.3 Å². The fourth-order valence-corrected chi connectivity index (χ4v) is 6.95. The highest BCUT2D eigenvalue weighted by Crippen LogP contribution is 2.34. The van der Waals surface area contributed by atoms with Crippen molar-refractivity contribution >= 4 is 52.2 Å². The van der Waals surface area contributed by atoms with E-state index >= 15 is 0 Å². The first-order chi connectivity index (χ1) is 16.8. The molecule has 1 aromatic carbocycles. The zero-order chi connectivity index (χ0) is 25.5. The molecule has 13 heteroatoms. The highest BCUT2D eigenvalue weighted by Gasteiger charge is 2.55. The lowest BCUT2D eigenvalue weighted by Crippen LogP contribution is -2.63. The Labute approximate surface area is 232 Å². The third-order valence-corrected chi connectivity index (χ3v) is 9.80. The van der Waals surface area contributed by atoms with Crippen LogP contribution in [0.1, 0.15) is 49.4 Å². The van der Waals surface area contributed by atoms with E-state index < -0.39 is 20.7 Å². The van der Waals surface area contributed by atoms with Gasteiger partial charge in [0.1, 0.15) is 0 Å². The molecular weight excluding hydrogens is 543 g/mol. The Balaban J connectivity index is 0.00000342. The van der Waals surface area contributed by atoms with E-state index in [-0.39, 0.29) is 56.5 Å². The largest absolute Gasteiger partial charge is 0.383 e. The monoisotopic (exact) mass is 582 g/mol. The number of sulfonamides is 1. The first kappa shape index (κ1) is 33.6. The number of benzene rings is 1. The van der Waals surface area contributed by atoms with Crippen molar-refractivity contribution in [3.63, 3.8) is 0 Å². The Morgan fingerprint density at radius 1 is 1.03 bits per heavy atom. The van der Waals surface area contributed by atoms with Gasteiger partial charge >= 0.3 is 0 Å². The molecule has 10 nitrogen and oxygen atoms in total. The minimum Gasteiger partial charge on any atom is -0.383 e. The Bertz CT molecular complexity index is 964. The van der Waals surface area contributed by atoms with Crippen LogP contribution < -0.4 is 10.4 Å². The van der Waals surface area contributed by atoms with Gasteiger partial charge in [-0.2, -0.15) is 4.31 Å². The molecule has 2 aliphatic heterocycles. The number of unbranched alkanes of at least 4 members (excludes halogenated alkanes) is 1. The number of hydrogen-bond donors (Lipinski definition) is 2. The summed E-state index contributed by atoms with van der Waals surface area (Å²) < 4.78 is 32.2. The molecule has 3 rings (SSSR count). The number of carbonyl (C=O) groups excluding carboxylic acids is 2. The van der Waals surface area contributed by atoms with E-state index in [4.69, 9.17) is 4.74 Å². The van der Waals surface area contributed by atoms with Crippen molar-refractivity contribution in [3.8, 4) is 0 Å². The molecule has 0 saturated carbocycles. The summed E-state index contributed by atoms with van der Waals surface area (Å²) >= 11 is 0. The van der Waals surface area contributed by atoms with Crippen molar-refractivity contribution in [1.82, 2.24) is 14.7 Å². The number of anilines is 1. The molecule has 1 aromatic rings. The van der Waals surface area contributed by atoms with Gasteiger partial charge < -0.3 is 14.5 Å². The molecular formula is C24H40Cl2N4O6S. The zero-order valence-electron chi connectivity index (χ0n) is 21.6. The second-order valence-electron chi connectivity index (χ2n) is 9.23. The number of carbonyl (C=O) groups is 2. The lowest BCUT2D eigenvalue weighted by Gasteiger charge is -2.44. The minimum absolute atomic E-state index is 0. The molecule has 37 heavy (non-hydrogen) atoms. The predicted octanol–water partition coefficient (Wildman–Crippen LogP) is 2.34. The molecule has 2 fully saturated rings. The molecule has 0 bridgehead atoms. The second kappa shape index (κ2) is 15.2. The topological polar surface area (TPSA) is 119 Å². The Hall–Kier alpha value is -1.47. The lowest BCUT2D eigenvalue weighted by atomic mass is 9.95. The molecule has 0 spiro atoms. The van der Waals surface area contributed by atoms with Gasteiger partial charge in [-0.05, 0) is 43.5 Å². The molecule has 2 saturated heterocycles. The highest BCUT2D eigenvalue weighted by atomic mass is 35.5. The molecule has 2 aliphatic rings. The van der Waals surface area contributed by atoms with E-state index in [1.54, 1.807) is 12.6 Å². The summed E-state index contributed by atoms with van der Waals surface area (Å²) in [5, 5.41) is 9.37. The number of hydrogen-bond acceptors (Lipinski definition) is 8. The smallest absolute Gasteiger partial charge is 0.266 e. The summed E-state index contributed by atoms with van der Waals surface area (Å²) in [4.78, 5) is 29.1. The molecule has 2 heterocycles.